The van der Waals surface area contributed by atoms with Crippen molar-refractivity contribution < 1.29 is 4.79 Å². The Morgan fingerprint density at radius 2 is 2.06 bits per heavy atom. The number of rotatable bonds is 3. The van der Waals surface area contributed by atoms with Gasteiger partial charge in [-0.1, -0.05) is 30.3 Å². The van der Waals surface area contributed by atoms with E-state index in [-0.39, 0.29) is 6.04 Å². The number of aliphatic imine (C=N–C) groups is 1. The van der Waals surface area contributed by atoms with Gasteiger partial charge in [0.25, 0.3) is 0 Å². The molecular weight excluding hydrogens is 202 g/mol. The maximum atomic E-state index is 10.3. The molecule has 80 valence electrons. The molecule has 0 saturated heterocycles. The number of aromatic nitrogens is 2. The van der Waals surface area contributed by atoms with Crippen LogP contribution in [0.2, 0.25) is 0 Å². The van der Waals surface area contributed by atoms with Crippen molar-refractivity contribution in [3.63, 3.8) is 0 Å². The molecule has 0 N–H and O–H groups in total. The van der Waals surface area contributed by atoms with Crippen molar-refractivity contribution in [1.82, 2.24) is 9.78 Å². The first-order valence-electron chi connectivity index (χ1n) is 4.99. The highest BCUT2D eigenvalue weighted by Gasteiger charge is 2.11. The van der Waals surface area contributed by atoms with Gasteiger partial charge in [0.05, 0.1) is 12.2 Å². The Bertz CT molecular complexity index is 512. The molecule has 4 heteroatoms. The quantitative estimate of drug-likeness (QED) is 0.580. The summed E-state index contributed by atoms with van der Waals surface area (Å²) in [6.07, 6.45) is 3.15. The Kier molecular flexibility index (Phi) is 2.94. The summed E-state index contributed by atoms with van der Waals surface area (Å²) in [7, 11) is 0. The van der Waals surface area contributed by atoms with Gasteiger partial charge < -0.3 is 0 Å². The Balaban J connectivity index is 2.38. The van der Waals surface area contributed by atoms with Crippen LogP contribution in [0.15, 0.2) is 47.6 Å². The van der Waals surface area contributed by atoms with Crippen LogP contribution in [0.5, 0.6) is 0 Å². The number of isocyanates is 1. The van der Waals surface area contributed by atoms with E-state index in [1.807, 2.05) is 37.3 Å². The van der Waals surface area contributed by atoms with Gasteiger partial charge in [-0.05, 0) is 12.5 Å². The minimum atomic E-state index is 0.0447. The van der Waals surface area contributed by atoms with Crippen molar-refractivity contribution in [2.24, 2.45) is 4.99 Å². The molecule has 16 heavy (non-hydrogen) atoms. The first-order chi connectivity index (χ1) is 7.83. The van der Waals surface area contributed by atoms with Crippen molar-refractivity contribution in [3.05, 3.63) is 48.2 Å². The van der Waals surface area contributed by atoms with Gasteiger partial charge in [-0.15, -0.1) is 4.99 Å². The van der Waals surface area contributed by atoms with E-state index in [1.54, 1.807) is 16.9 Å². The van der Waals surface area contributed by atoms with Gasteiger partial charge in [-0.2, -0.15) is 5.10 Å². The summed E-state index contributed by atoms with van der Waals surface area (Å²) in [5, 5.41) is 4.16. The van der Waals surface area contributed by atoms with Crippen LogP contribution >= 0.6 is 0 Å². The third-order valence-corrected chi connectivity index (χ3v) is 2.46. The summed E-state index contributed by atoms with van der Waals surface area (Å²) in [6.45, 7) is 2.01. The number of benzene rings is 1. The van der Waals surface area contributed by atoms with Gasteiger partial charge in [0.1, 0.15) is 0 Å². The van der Waals surface area contributed by atoms with Crippen LogP contribution in [0.4, 0.5) is 5.82 Å². The lowest BCUT2D eigenvalue weighted by Gasteiger charge is -2.13. The second-order valence-corrected chi connectivity index (χ2v) is 3.42. The molecule has 2 aromatic rings. The number of hydrogen-bond donors (Lipinski definition) is 0. The molecule has 4 nitrogen and oxygen atoms in total. The number of hydrogen-bond acceptors (Lipinski definition) is 3. The highest BCUT2D eigenvalue weighted by Crippen LogP contribution is 2.22. The molecule has 0 spiro atoms. The highest BCUT2D eigenvalue weighted by atomic mass is 16.1. The summed E-state index contributed by atoms with van der Waals surface area (Å²) in [5.74, 6) is 0.520. The summed E-state index contributed by atoms with van der Waals surface area (Å²) in [5.41, 5.74) is 1.12. The molecule has 1 aromatic heterocycles. The first kappa shape index (κ1) is 10.3. The van der Waals surface area contributed by atoms with Crippen LogP contribution in [0, 0.1) is 0 Å². The Morgan fingerprint density at radius 1 is 1.31 bits per heavy atom. The monoisotopic (exact) mass is 213 g/mol. The molecule has 2 rings (SSSR count). The molecule has 0 amide bonds. The Labute approximate surface area is 93.2 Å². The normalized spacial score (nSPS) is 11.8. The molecule has 0 aliphatic rings. The second-order valence-electron chi connectivity index (χ2n) is 3.42. The van der Waals surface area contributed by atoms with Crippen LogP contribution < -0.4 is 0 Å². The van der Waals surface area contributed by atoms with Crippen molar-refractivity contribution in [2.45, 2.75) is 13.0 Å². The van der Waals surface area contributed by atoms with Crippen molar-refractivity contribution >= 4 is 11.9 Å². The van der Waals surface area contributed by atoms with E-state index < -0.39 is 0 Å². The Morgan fingerprint density at radius 3 is 2.75 bits per heavy atom. The molecular formula is C12H11N3O. The van der Waals surface area contributed by atoms with Crippen molar-refractivity contribution in [2.75, 3.05) is 0 Å². The van der Waals surface area contributed by atoms with E-state index in [4.69, 9.17) is 0 Å². The first-order valence-corrected chi connectivity index (χ1v) is 4.99. The van der Waals surface area contributed by atoms with Crippen LogP contribution in [0.1, 0.15) is 18.5 Å². The molecule has 0 bridgehead atoms. The average Bonchev–Trinajstić information content (AvgIpc) is 2.78. The SMILES string of the molecule is CC(c1ccccc1)n1nccc1N=C=O. The highest BCUT2D eigenvalue weighted by molar-refractivity contribution is 5.44. The smallest absolute Gasteiger partial charge is 0.240 e. The Hall–Kier alpha value is -2.19. The molecule has 1 heterocycles. The van der Waals surface area contributed by atoms with Gasteiger partial charge in [0.2, 0.25) is 6.08 Å². The lowest BCUT2D eigenvalue weighted by Crippen LogP contribution is -2.07. The van der Waals surface area contributed by atoms with Gasteiger partial charge >= 0.3 is 0 Å². The minimum Gasteiger partial charge on any atom is -0.240 e. The molecule has 1 atom stereocenters. The van der Waals surface area contributed by atoms with Crippen LogP contribution in [-0.2, 0) is 4.79 Å². The topological polar surface area (TPSA) is 47.2 Å². The van der Waals surface area contributed by atoms with Gasteiger partial charge in [-0.3, -0.25) is 0 Å². The lowest BCUT2D eigenvalue weighted by atomic mass is 10.1. The predicted octanol–water partition coefficient (Wildman–Crippen LogP) is 2.46. The fourth-order valence-corrected chi connectivity index (χ4v) is 1.61. The van der Waals surface area contributed by atoms with Crippen LogP contribution in [-0.4, -0.2) is 15.9 Å². The third kappa shape index (κ3) is 1.92. The van der Waals surface area contributed by atoms with E-state index in [9.17, 15) is 4.79 Å². The number of nitrogens with zero attached hydrogens (tertiary/aromatic N) is 3. The lowest BCUT2D eigenvalue weighted by molar-refractivity contribution is 0.556. The number of carbonyl (C=O) groups excluding carboxylic acids is 1. The molecule has 0 radical (unpaired) electrons. The summed E-state index contributed by atoms with van der Waals surface area (Å²) < 4.78 is 1.69. The summed E-state index contributed by atoms with van der Waals surface area (Å²) in [4.78, 5) is 13.9. The fraction of sp³-hybridized carbons (Fsp3) is 0.167. The summed E-state index contributed by atoms with van der Waals surface area (Å²) >= 11 is 0. The third-order valence-electron chi connectivity index (χ3n) is 2.46. The molecule has 0 saturated carbocycles. The predicted molar refractivity (Wildman–Crippen MR) is 60.3 cm³/mol. The largest absolute Gasteiger partial charge is 0.242 e. The van der Waals surface area contributed by atoms with Gasteiger partial charge in [-0.25, -0.2) is 9.48 Å². The zero-order valence-corrected chi connectivity index (χ0v) is 8.87. The average molecular weight is 213 g/mol. The molecule has 1 aromatic carbocycles. The minimum absolute atomic E-state index is 0.0447. The molecule has 1 unspecified atom stereocenters. The zero-order chi connectivity index (χ0) is 11.4. The van der Waals surface area contributed by atoms with Crippen molar-refractivity contribution in [1.29, 1.82) is 0 Å². The second kappa shape index (κ2) is 4.55. The van der Waals surface area contributed by atoms with Crippen LogP contribution in [0.25, 0.3) is 0 Å². The maximum absolute atomic E-state index is 10.3. The van der Waals surface area contributed by atoms with Gasteiger partial charge in [0, 0.05) is 6.07 Å². The standard InChI is InChI=1S/C12H11N3O/c1-10(11-5-3-2-4-6-11)15-12(13-9-16)7-8-14-15/h2-8,10H,1H3. The van der Waals surface area contributed by atoms with E-state index in [0.717, 1.165) is 5.56 Å². The molecule has 0 aliphatic carbocycles. The zero-order valence-electron chi connectivity index (χ0n) is 8.87. The van der Waals surface area contributed by atoms with E-state index in [0.29, 0.717) is 5.82 Å². The molecule has 0 fully saturated rings. The summed E-state index contributed by atoms with van der Waals surface area (Å²) in [6, 6.07) is 11.7. The van der Waals surface area contributed by atoms with E-state index >= 15 is 0 Å². The fourth-order valence-electron chi connectivity index (χ4n) is 1.61. The van der Waals surface area contributed by atoms with E-state index in [1.165, 1.54) is 6.08 Å². The van der Waals surface area contributed by atoms with E-state index in [2.05, 4.69) is 10.1 Å². The molecule has 0 aliphatic heterocycles. The van der Waals surface area contributed by atoms with Gasteiger partial charge in [0.15, 0.2) is 5.82 Å². The van der Waals surface area contributed by atoms with Crippen molar-refractivity contribution in [3.8, 4) is 0 Å². The van der Waals surface area contributed by atoms with Crippen LogP contribution in [0.3, 0.4) is 0 Å². The maximum Gasteiger partial charge on any atom is 0.242 e.